The molecule has 8 heteroatoms. The van der Waals surface area contributed by atoms with Crippen LogP contribution in [-0.4, -0.2) is 27.9 Å². The number of hydrogen-bond donors (Lipinski definition) is 1. The van der Waals surface area contributed by atoms with E-state index in [1.165, 1.54) is 30.0 Å². The molecule has 0 unspecified atom stereocenters. The van der Waals surface area contributed by atoms with E-state index < -0.39 is 0 Å². The lowest BCUT2D eigenvalue weighted by molar-refractivity contribution is -0.114. The van der Waals surface area contributed by atoms with Crippen LogP contribution in [0.4, 0.5) is 5.82 Å². The number of aromatic nitrogens is 2. The molecule has 0 bridgehead atoms. The lowest BCUT2D eigenvalue weighted by Gasteiger charge is -2.13. The van der Waals surface area contributed by atoms with E-state index in [2.05, 4.69) is 42.6 Å². The van der Waals surface area contributed by atoms with Gasteiger partial charge in [0.2, 0.25) is 11.8 Å². The van der Waals surface area contributed by atoms with Gasteiger partial charge in [0.05, 0.1) is 6.20 Å². The zero-order chi connectivity index (χ0) is 21.9. The van der Waals surface area contributed by atoms with Crippen molar-refractivity contribution in [2.24, 2.45) is 0 Å². The van der Waals surface area contributed by atoms with Gasteiger partial charge in [-0.3, -0.25) is 9.59 Å². The smallest absolute Gasteiger partial charge is 0.222 e. The van der Waals surface area contributed by atoms with Gasteiger partial charge in [0.25, 0.3) is 0 Å². The summed E-state index contributed by atoms with van der Waals surface area (Å²) >= 11 is 2.99. The van der Waals surface area contributed by atoms with E-state index in [0.717, 1.165) is 32.4 Å². The van der Waals surface area contributed by atoms with E-state index in [1.807, 2.05) is 12.1 Å². The number of carbonyl (C=O) groups is 2. The molecule has 0 saturated carbocycles. The van der Waals surface area contributed by atoms with Crippen LogP contribution >= 0.6 is 23.1 Å². The van der Waals surface area contributed by atoms with Gasteiger partial charge >= 0.3 is 0 Å². The van der Waals surface area contributed by atoms with Crippen LogP contribution in [0.15, 0.2) is 45.7 Å². The average molecular weight is 442 g/mol. The maximum Gasteiger partial charge on any atom is 0.222 e. The minimum absolute atomic E-state index is 0.122. The molecule has 6 nitrogen and oxygen atoms in total. The third kappa shape index (κ3) is 5.25. The van der Waals surface area contributed by atoms with Crippen molar-refractivity contribution in [3.63, 3.8) is 0 Å². The normalized spacial score (nSPS) is 11.3. The van der Waals surface area contributed by atoms with Gasteiger partial charge in [-0.1, -0.05) is 51.6 Å². The first-order valence-electron chi connectivity index (χ1n) is 9.28. The SMILES string of the molecule is C=C(CSc1sc(-c2ccc(C=O)cc2)nc1NC(C)=O)c1ncc(C(C)(C)C)o1. The van der Waals surface area contributed by atoms with E-state index in [1.54, 1.807) is 18.3 Å². The number of nitrogens with zero attached hydrogens (tertiary/aromatic N) is 2. The van der Waals surface area contributed by atoms with Crippen molar-refractivity contribution in [2.45, 2.75) is 37.3 Å². The molecule has 1 aromatic carbocycles. The number of anilines is 1. The molecule has 1 amide bonds. The molecule has 0 aliphatic carbocycles. The number of nitrogens with one attached hydrogen (secondary N) is 1. The Balaban J connectivity index is 1.79. The molecule has 0 fully saturated rings. The first-order valence-corrected chi connectivity index (χ1v) is 11.1. The number of rotatable bonds is 7. The number of thioether (sulfide) groups is 1. The van der Waals surface area contributed by atoms with Crippen LogP contribution in [0.1, 0.15) is 49.7 Å². The lowest BCUT2D eigenvalue weighted by Crippen LogP contribution is -2.09. The van der Waals surface area contributed by atoms with Crippen molar-refractivity contribution in [3.8, 4) is 10.6 Å². The standard InChI is InChI=1S/C22H23N3O3S2/c1-13(19-23-10-17(28-19)22(3,4)5)12-29-21-18(24-14(2)27)25-20(30-21)16-8-6-15(11-26)7-9-16/h6-11H,1,12H2,2-5H3,(H,24,27). The molecular weight excluding hydrogens is 418 g/mol. The van der Waals surface area contributed by atoms with Crippen LogP contribution in [0, 0.1) is 0 Å². The van der Waals surface area contributed by atoms with Gasteiger partial charge < -0.3 is 9.73 Å². The molecule has 0 radical (unpaired) electrons. The molecule has 2 heterocycles. The van der Waals surface area contributed by atoms with Crippen LogP contribution in [0.2, 0.25) is 0 Å². The van der Waals surface area contributed by atoms with Gasteiger partial charge in [-0.15, -0.1) is 23.1 Å². The molecule has 3 aromatic rings. The first kappa shape index (κ1) is 22.0. The Morgan fingerprint density at radius 1 is 1.30 bits per heavy atom. The minimum Gasteiger partial charge on any atom is -0.441 e. The fourth-order valence-corrected chi connectivity index (χ4v) is 4.55. The molecule has 0 spiro atoms. The summed E-state index contributed by atoms with van der Waals surface area (Å²) in [4.78, 5) is 31.4. The van der Waals surface area contributed by atoms with Crippen molar-refractivity contribution >= 4 is 46.7 Å². The molecule has 2 aromatic heterocycles. The molecule has 156 valence electrons. The number of hydrogen-bond acceptors (Lipinski definition) is 7. The van der Waals surface area contributed by atoms with E-state index in [4.69, 9.17) is 4.42 Å². The highest BCUT2D eigenvalue weighted by Gasteiger charge is 2.21. The van der Waals surface area contributed by atoms with E-state index in [0.29, 0.717) is 23.0 Å². The van der Waals surface area contributed by atoms with Crippen molar-refractivity contribution in [1.29, 1.82) is 0 Å². The number of amides is 1. The third-order valence-electron chi connectivity index (χ3n) is 4.11. The van der Waals surface area contributed by atoms with Crippen LogP contribution in [-0.2, 0) is 10.2 Å². The highest BCUT2D eigenvalue weighted by Crippen LogP contribution is 2.39. The summed E-state index contributed by atoms with van der Waals surface area (Å²) in [5, 5.41) is 3.55. The van der Waals surface area contributed by atoms with Crippen LogP contribution in [0.25, 0.3) is 16.1 Å². The van der Waals surface area contributed by atoms with E-state index in [-0.39, 0.29) is 11.3 Å². The predicted molar refractivity (Wildman–Crippen MR) is 122 cm³/mol. The first-order chi connectivity index (χ1) is 14.2. The van der Waals surface area contributed by atoms with Crippen LogP contribution < -0.4 is 5.32 Å². The highest BCUT2D eigenvalue weighted by atomic mass is 32.2. The maximum absolute atomic E-state index is 11.6. The summed E-state index contributed by atoms with van der Waals surface area (Å²) in [5.74, 6) is 2.19. The Kier molecular flexibility index (Phi) is 6.58. The number of carbonyl (C=O) groups excluding carboxylic acids is 2. The quantitative estimate of drug-likeness (QED) is 0.375. The van der Waals surface area contributed by atoms with Crippen LogP contribution in [0.5, 0.6) is 0 Å². The molecule has 3 rings (SSSR count). The second kappa shape index (κ2) is 8.97. The van der Waals surface area contributed by atoms with Gasteiger partial charge in [0.15, 0.2) is 5.82 Å². The van der Waals surface area contributed by atoms with Crippen molar-refractivity contribution in [2.75, 3.05) is 11.1 Å². The Labute approximate surface area is 183 Å². The van der Waals surface area contributed by atoms with Gasteiger partial charge in [0.1, 0.15) is 21.3 Å². The summed E-state index contributed by atoms with van der Waals surface area (Å²) in [7, 11) is 0. The molecular formula is C22H23N3O3S2. The number of benzene rings is 1. The molecule has 1 N–H and O–H groups in total. The summed E-state index contributed by atoms with van der Waals surface area (Å²) in [6.07, 6.45) is 2.54. The van der Waals surface area contributed by atoms with Crippen molar-refractivity contribution in [1.82, 2.24) is 9.97 Å². The van der Waals surface area contributed by atoms with Gasteiger partial charge in [-0.2, -0.15) is 0 Å². The largest absolute Gasteiger partial charge is 0.441 e. The fourth-order valence-electron chi connectivity index (χ4n) is 2.48. The van der Waals surface area contributed by atoms with E-state index in [9.17, 15) is 9.59 Å². The van der Waals surface area contributed by atoms with Gasteiger partial charge in [-0.25, -0.2) is 9.97 Å². The Hall–Kier alpha value is -2.71. The van der Waals surface area contributed by atoms with Gasteiger partial charge in [-0.05, 0) is 0 Å². The van der Waals surface area contributed by atoms with Crippen LogP contribution in [0.3, 0.4) is 0 Å². The fraction of sp³-hybridized carbons (Fsp3) is 0.273. The highest BCUT2D eigenvalue weighted by molar-refractivity contribution is 8.01. The predicted octanol–water partition coefficient (Wildman–Crippen LogP) is 5.67. The number of aldehydes is 1. The monoisotopic (exact) mass is 441 g/mol. The molecule has 0 aliphatic heterocycles. The molecule has 0 aliphatic rings. The number of thiazole rings is 1. The van der Waals surface area contributed by atoms with E-state index >= 15 is 0 Å². The third-order valence-corrected chi connectivity index (χ3v) is 6.56. The second-order valence-electron chi connectivity index (χ2n) is 7.75. The van der Waals surface area contributed by atoms with Crippen molar-refractivity contribution in [3.05, 3.63) is 54.3 Å². The van der Waals surface area contributed by atoms with Crippen molar-refractivity contribution < 1.29 is 14.0 Å². The lowest BCUT2D eigenvalue weighted by atomic mass is 9.94. The summed E-state index contributed by atoms with van der Waals surface area (Å²) < 4.78 is 6.72. The summed E-state index contributed by atoms with van der Waals surface area (Å²) in [6, 6.07) is 7.17. The molecule has 30 heavy (non-hydrogen) atoms. The number of oxazole rings is 1. The zero-order valence-corrected chi connectivity index (χ0v) is 18.9. The zero-order valence-electron chi connectivity index (χ0n) is 17.3. The van der Waals surface area contributed by atoms with Gasteiger partial charge in [0, 0.05) is 34.8 Å². The Morgan fingerprint density at radius 2 is 2.00 bits per heavy atom. The maximum atomic E-state index is 11.6. The Bertz CT molecular complexity index is 1080. The molecule has 0 saturated heterocycles. The topological polar surface area (TPSA) is 85.1 Å². The molecule has 0 atom stereocenters. The Morgan fingerprint density at radius 3 is 2.57 bits per heavy atom. The summed E-state index contributed by atoms with van der Waals surface area (Å²) in [6.45, 7) is 11.7. The summed E-state index contributed by atoms with van der Waals surface area (Å²) in [5.41, 5.74) is 2.12. The minimum atomic E-state index is -0.189. The second-order valence-corrected chi connectivity index (χ2v) is 9.99. The average Bonchev–Trinajstić information content (AvgIpc) is 3.33.